The summed E-state index contributed by atoms with van der Waals surface area (Å²) >= 11 is 4.96. The first-order valence-electron chi connectivity index (χ1n) is 4.31. The molecule has 74 valence electrons. The molecule has 2 unspecified atom stereocenters. The zero-order valence-corrected chi connectivity index (χ0v) is 9.94. The molecule has 0 aliphatic rings. The summed E-state index contributed by atoms with van der Waals surface area (Å²) in [4.78, 5) is 0. The number of hydrogen-bond donors (Lipinski definition) is 2. The Balaban J connectivity index is 2.71. The van der Waals surface area contributed by atoms with E-state index in [2.05, 4.69) is 15.9 Å². The van der Waals surface area contributed by atoms with Crippen LogP contribution in [0.25, 0.3) is 0 Å². The maximum Gasteiger partial charge on any atom is 0.0838 e. The first-order chi connectivity index (χ1) is 6.19. The molecule has 1 heterocycles. The SMILES string of the molecule is CCC(CN)C(O)c1csc(Br)c1. The van der Waals surface area contributed by atoms with Crippen molar-refractivity contribution in [1.29, 1.82) is 0 Å². The molecule has 0 aromatic carbocycles. The highest BCUT2D eigenvalue weighted by Gasteiger charge is 2.18. The average Bonchev–Trinajstić information content (AvgIpc) is 2.54. The number of aliphatic hydroxyl groups excluding tert-OH is 1. The van der Waals surface area contributed by atoms with Crippen molar-refractivity contribution in [2.24, 2.45) is 11.7 Å². The molecule has 0 aliphatic heterocycles. The highest BCUT2D eigenvalue weighted by Crippen LogP contribution is 2.30. The molecule has 0 radical (unpaired) electrons. The molecule has 2 nitrogen and oxygen atoms in total. The van der Waals surface area contributed by atoms with Gasteiger partial charge in [-0.1, -0.05) is 6.92 Å². The van der Waals surface area contributed by atoms with E-state index in [1.165, 1.54) is 0 Å². The zero-order chi connectivity index (χ0) is 9.84. The maximum absolute atomic E-state index is 9.90. The number of rotatable bonds is 4. The van der Waals surface area contributed by atoms with Gasteiger partial charge in [0.25, 0.3) is 0 Å². The van der Waals surface area contributed by atoms with Crippen LogP contribution in [0.4, 0.5) is 0 Å². The molecule has 4 heteroatoms. The molecule has 0 bridgehead atoms. The second-order valence-electron chi connectivity index (χ2n) is 3.03. The Morgan fingerprint density at radius 3 is 2.77 bits per heavy atom. The first kappa shape index (κ1) is 11.2. The van der Waals surface area contributed by atoms with Gasteiger partial charge in [0.15, 0.2) is 0 Å². The summed E-state index contributed by atoms with van der Waals surface area (Å²) in [5.74, 6) is 0.168. The fourth-order valence-electron chi connectivity index (χ4n) is 1.27. The van der Waals surface area contributed by atoms with Crippen LogP contribution in [-0.4, -0.2) is 11.7 Å². The minimum absolute atomic E-state index is 0.168. The van der Waals surface area contributed by atoms with Gasteiger partial charge in [-0.05, 0) is 45.9 Å². The van der Waals surface area contributed by atoms with Gasteiger partial charge in [-0.15, -0.1) is 11.3 Å². The molecule has 2 atom stereocenters. The topological polar surface area (TPSA) is 46.2 Å². The van der Waals surface area contributed by atoms with Crippen LogP contribution in [0.5, 0.6) is 0 Å². The van der Waals surface area contributed by atoms with Gasteiger partial charge in [0.05, 0.1) is 9.89 Å². The van der Waals surface area contributed by atoms with Crippen LogP contribution in [0.3, 0.4) is 0 Å². The molecule has 0 spiro atoms. The number of aliphatic hydroxyl groups is 1. The Morgan fingerprint density at radius 2 is 2.38 bits per heavy atom. The normalized spacial score (nSPS) is 15.7. The molecule has 13 heavy (non-hydrogen) atoms. The highest BCUT2D eigenvalue weighted by molar-refractivity contribution is 9.11. The maximum atomic E-state index is 9.90. The van der Waals surface area contributed by atoms with Crippen molar-refractivity contribution in [3.63, 3.8) is 0 Å². The molecule has 0 saturated heterocycles. The van der Waals surface area contributed by atoms with Crippen molar-refractivity contribution >= 4 is 27.3 Å². The summed E-state index contributed by atoms with van der Waals surface area (Å²) in [7, 11) is 0. The molecule has 3 N–H and O–H groups in total. The Hall–Kier alpha value is 0.100. The van der Waals surface area contributed by atoms with Crippen molar-refractivity contribution in [3.8, 4) is 0 Å². The first-order valence-corrected chi connectivity index (χ1v) is 5.98. The van der Waals surface area contributed by atoms with Crippen molar-refractivity contribution < 1.29 is 5.11 Å². The van der Waals surface area contributed by atoms with E-state index in [0.717, 1.165) is 15.8 Å². The van der Waals surface area contributed by atoms with Crippen LogP contribution in [0.15, 0.2) is 15.2 Å². The molecule has 0 amide bonds. The second-order valence-corrected chi connectivity index (χ2v) is 5.32. The Morgan fingerprint density at radius 1 is 1.69 bits per heavy atom. The van der Waals surface area contributed by atoms with E-state index in [-0.39, 0.29) is 5.92 Å². The van der Waals surface area contributed by atoms with Crippen molar-refractivity contribution in [2.45, 2.75) is 19.4 Å². The lowest BCUT2D eigenvalue weighted by molar-refractivity contribution is 0.110. The Bertz CT molecular complexity index is 260. The van der Waals surface area contributed by atoms with Gasteiger partial charge in [-0.3, -0.25) is 0 Å². The van der Waals surface area contributed by atoms with E-state index in [1.54, 1.807) is 11.3 Å². The van der Waals surface area contributed by atoms with Crippen molar-refractivity contribution in [1.82, 2.24) is 0 Å². The van der Waals surface area contributed by atoms with E-state index < -0.39 is 6.10 Å². The van der Waals surface area contributed by atoms with Crippen LogP contribution in [0.2, 0.25) is 0 Å². The third-order valence-corrected chi connectivity index (χ3v) is 3.73. The van der Waals surface area contributed by atoms with Crippen LogP contribution < -0.4 is 5.73 Å². The Labute approximate surface area is 90.9 Å². The van der Waals surface area contributed by atoms with E-state index in [9.17, 15) is 5.11 Å². The lowest BCUT2D eigenvalue weighted by Crippen LogP contribution is -2.20. The molecule has 0 aliphatic carbocycles. The monoisotopic (exact) mass is 263 g/mol. The third kappa shape index (κ3) is 2.77. The highest BCUT2D eigenvalue weighted by atomic mass is 79.9. The van der Waals surface area contributed by atoms with Gasteiger partial charge in [0.1, 0.15) is 0 Å². The summed E-state index contributed by atoms with van der Waals surface area (Å²) in [5.41, 5.74) is 6.53. The van der Waals surface area contributed by atoms with E-state index in [0.29, 0.717) is 6.54 Å². The Kier molecular flexibility index (Phi) is 4.38. The molecule has 1 rings (SSSR count). The zero-order valence-electron chi connectivity index (χ0n) is 7.53. The third-order valence-electron chi connectivity index (χ3n) is 2.20. The quantitative estimate of drug-likeness (QED) is 0.877. The summed E-state index contributed by atoms with van der Waals surface area (Å²) in [6.45, 7) is 2.58. The van der Waals surface area contributed by atoms with Crippen molar-refractivity contribution in [2.75, 3.05) is 6.54 Å². The lowest BCUT2D eigenvalue weighted by atomic mass is 9.95. The van der Waals surface area contributed by atoms with Crippen LogP contribution in [-0.2, 0) is 0 Å². The van der Waals surface area contributed by atoms with Gasteiger partial charge in [-0.25, -0.2) is 0 Å². The van der Waals surface area contributed by atoms with Gasteiger partial charge in [0, 0.05) is 5.92 Å². The van der Waals surface area contributed by atoms with Crippen LogP contribution in [0.1, 0.15) is 25.0 Å². The second kappa shape index (κ2) is 5.10. The fraction of sp³-hybridized carbons (Fsp3) is 0.556. The number of nitrogens with two attached hydrogens (primary N) is 1. The number of halogens is 1. The van der Waals surface area contributed by atoms with Gasteiger partial charge in [-0.2, -0.15) is 0 Å². The summed E-state index contributed by atoms with van der Waals surface area (Å²) < 4.78 is 1.05. The minimum atomic E-state index is -0.419. The lowest BCUT2D eigenvalue weighted by Gasteiger charge is -2.18. The van der Waals surface area contributed by atoms with Crippen LogP contribution >= 0.6 is 27.3 Å². The van der Waals surface area contributed by atoms with Crippen molar-refractivity contribution in [3.05, 3.63) is 20.8 Å². The predicted octanol–water partition coefficient (Wildman–Crippen LogP) is 2.53. The van der Waals surface area contributed by atoms with Gasteiger partial charge in [0.2, 0.25) is 0 Å². The van der Waals surface area contributed by atoms with E-state index in [4.69, 9.17) is 5.73 Å². The standard InChI is InChI=1S/C9H14BrNOS/c1-2-6(4-11)9(12)7-3-8(10)13-5-7/h3,5-6,9,12H,2,4,11H2,1H3. The molecular formula is C9H14BrNOS. The van der Waals surface area contributed by atoms with Crippen LogP contribution in [0, 0.1) is 5.92 Å². The fourth-order valence-corrected chi connectivity index (χ4v) is 2.47. The van der Waals surface area contributed by atoms with E-state index >= 15 is 0 Å². The van der Waals surface area contributed by atoms with Gasteiger partial charge < -0.3 is 10.8 Å². The number of hydrogen-bond acceptors (Lipinski definition) is 3. The molecule has 1 aromatic rings. The van der Waals surface area contributed by atoms with E-state index in [1.807, 2.05) is 18.4 Å². The smallest absolute Gasteiger partial charge is 0.0838 e. The molecule has 0 saturated carbocycles. The molecule has 1 aromatic heterocycles. The predicted molar refractivity (Wildman–Crippen MR) is 59.8 cm³/mol. The summed E-state index contributed by atoms with van der Waals surface area (Å²) in [6.07, 6.45) is 0.489. The summed E-state index contributed by atoms with van der Waals surface area (Å²) in [6, 6.07) is 1.95. The number of thiophene rings is 1. The average molecular weight is 264 g/mol. The van der Waals surface area contributed by atoms with Gasteiger partial charge >= 0.3 is 0 Å². The largest absolute Gasteiger partial charge is 0.388 e. The molecule has 0 fully saturated rings. The molecular weight excluding hydrogens is 250 g/mol. The minimum Gasteiger partial charge on any atom is -0.388 e. The summed E-state index contributed by atoms with van der Waals surface area (Å²) in [5, 5.41) is 11.9.